The Bertz CT molecular complexity index is 3230. The first-order valence-electron chi connectivity index (χ1n) is 19.3. The fourth-order valence-electron chi connectivity index (χ4n) is 8.28. The van der Waals surface area contributed by atoms with Gasteiger partial charge in [0.15, 0.2) is 5.82 Å². The van der Waals surface area contributed by atoms with Crippen molar-refractivity contribution in [3.63, 3.8) is 0 Å². The number of benzene rings is 9. The van der Waals surface area contributed by atoms with E-state index in [0.717, 1.165) is 77.5 Å². The molecule has 266 valence electrons. The highest BCUT2D eigenvalue weighted by Gasteiger charge is 2.19. The third-order valence-electron chi connectivity index (χ3n) is 11.1. The Morgan fingerprint density at radius 1 is 0.316 bits per heavy atom. The third-order valence-corrected chi connectivity index (χ3v) is 11.1. The van der Waals surface area contributed by atoms with Gasteiger partial charge in [0.05, 0.1) is 11.4 Å². The normalized spacial score (nSPS) is 11.5. The summed E-state index contributed by atoms with van der Waals surface area (Å²) in [5.41, 5.74) is 13.6. The topological polar surface area (TPSA) is 38.9 Å². The summed E-state index contributed by atoms with van der Waals surface area (Å²) in [4.78, 5) is 10.1. The Labute approximate surface area is 330 Å². The molecule has 0 aliphatic carbocycles. The summed E-state index contributed by atoms with van der Waals surface area (Å²) in [5, 5.41) is 6.96. The molecule has 57 heavy (non-hydrogen) atoms. The van der Waals surface area contributed by atoms with E-state index in [-0.39, 0.29) is 0 Å². The Morgan fingerprint density at radius 2 is 0.895 bits per heavy atom. The number of aromatic nitrogens is 2. The van der Waals surface area contributed by atoms with Crippen LogP contribution in [0.15, 0.2) is 211 Å². The molecule has 0 aliphatic heterocycles. The van der Waals surface area contributed by atoms with E-state index in [0.29, 0.717) is 5.82 Å². The van der Waals surface area contributed by atoms with Crippen LogP contribution in [0, 0.1) is 0 Å². The average molecular weight is 727 g/mol. The van der Waals surface area contributed by atoms with Gasteiger partial charge < -0.3 is 4.42 Å². The number of fused-ring (bicyclic) bond motifs is 6. The van der Waals surface area contributed by atoms with Crippen molar-refractivity contribution in [2.24, 2.45) is 0 Å². The van der Waals surface area contributed by atoms with Crippen LogP contribution in [-0.4, -0.2) is 9.97 Å². The van der Waals surface area contributed by atoms with Crippen LogP contribution >= 0.6 is 0 Å². The van der Waals surface area contributed by atoms with Crippen LogP contribution < -0.4 is 0 Å². The van der Waals surface area contributed by atoms with Crippen molar-refractivity contribution in [1.29, 1.82) is 0 Å². The third kappa shape index (κ3) is 5.85. The molecule has 3 nitrogen and oxygen atoms in total. The molecule has 11 rings (SSSR count). The van der Waals surface area contributed by atoms with Crippen molar-refractivity contribution < 1.29 is 4.42 Å². The standard InChI is InChI=1S/C54H34N2O/c1-3-15-36(16-4-1)49-34-50(56-54(55-49)37-17-5-2-6-18-37)43-23-12-21-40(32-43)39-20-11-22-41(31-39)47-33-48-52-44(42-29-28-35-14-7-8-19-38(35)30-42)26-13-27-51(52)57-53(48)46-25-10-9-24-45(46)47/h1-34H. The summed E-state index contributed by atoms with van der Waals surface area (Å²) >= 11 is 0. The van der Waals surface area contributed by atoms with Gasteiger partial charge in [-0.25, -0.2) is 9.97 Å². The van der Waals surface area contributed by atoms with E-state index in [1.165, 1.54) is 27.5 Å². The summed E-state index contributed by atoms with van der Waals surface area (Å²) < 4.78 is 6.72. The SMILES string of the molecule is c1ccc(-c2cc(-c3cccc(-c4cccc(-c5cc6c(oc7cccc(-c8ccc9ccccc9c8)c76)c6ccccc56)c4)c3)nc(-c3ccccc3)n2)cc1. The van der Waals surface area contributed by atoms with E-state index in [4.69, 9.17) is 14.4 Å². The number of furan rings is 1. The highest BCUT2D eigenvalue weighted by molar-refractivity contribution is 6.22. The average Bonchev–Trinajstić information content (AvgIpc) is 3.68. The molecule has 0 amide bonds. The summed E-state index contributed by atoms with van der Waals surface area (Å²) in [6.45, 7) is 0. The Balaban J connectivity index is 1.05. The molecule has 0 unspecified atom stereocenters. The summed E-state index contributed by atoms with van der Waals surface area (Å²) in [6.07, 6.45) is 0. The van der Waals surface area contributed by atoms with Crippen LogP contribution in [-0.2, 0) is 0 Å². The molecule has 0 N–H and O–H groups in total. The lowest BCUT2D eigenvalue weighted by atomic mass is 9.91. The van der Waals surface area contributed by atoms with Gasteiger partial charge in [0.1, 0.15) is 11.2 Å². The maximum absolute atomic E-state index is 6.72. The van der Waals surface area contributed by atoms with E-state index >= 15 is 0 Å². The predicted octanol–water partition coefficient (Wildman–Crippen LogP) is 14.7. The zero-order chi connectivity index (χ0) is 37.7. The van der Waals surface area contributed by atoms with E-state index in [9.17, 15) is 0 Å². The second-order valence-corrected chi connectivity index (χ2v) is 14.5. The van der Waals surface area contributed by atoms with Crippen molar-refractivity contribution >= 4 is 43.5 Å². The zero-order valence-electron chi connectivity index (χ0n) is 30.9. The van der Waals surface area contributed by atoms with E-state index in [1.807, 2.05) is 36.4 Å². The van der Waals surface area contributed by atoms with Gasteiger partial charge >= 0.3 is 0 Å². The second-order valence-electron chi connectivity index (χ2n) is 14.5. The first-order valence-corrected chi connectivity index (χ1v) is 19.3. The summed E-state index contributed by atoms with van der Waals surface area (Å²) in [5.74, 6) is 0.706. The fraction of sp³-hybridized carbons (Fsp3) is 0. The lowest BCUT2D eigenvalue weighted by Crippen LogP contribution is -1.96. The lowest BCUT2D eigenvalue weighted by molar-refractivity contribution is 0.673. The molecule has 11 aromatic rings. The highest BCUT2D eigenvalue weighted by Crippen LogP contribution is 2.44. The summed E-state index contributed by atoms with van der Waals surface area (Å²) in [6, 6.07) is 72.8. The number of rotatable bonds is 6. The summed E-state index contributed by atoms with van der Waals surface area (Å²) in [7, 11) is 0. The first kappa shape index (κ1) is 32.8. The van der Waals surface area contributed by atoms with Crippen molar-refractivity contribution in [3.05, 3.63) is 206 Å². The minimum Gasteiger partial charge on any atom is -0.455 e. The van der Waals surface area contributed by atoms with Gasteiger partial charge in [-0.15, -0.1) is 0 Å². The van der Waals surface area contributed by atoms with Crippen molar-refractivity contribution in [3.8, 4) is 67.3 Å². The van der Waals surface area contributed by atoms with Gasteiger partial charge in [0.2, 0.25) is 0 Å². The quantitative estimate of drug-likeness (QED) is 0.171. The molecule has 0 bridgehead atoms. The van der Waals surface area contributed by atoms with E-state index < -0.39 is 0 Å². The number of nitrogens with zero attached hydrogens (tertiary/aromatic N) is 2. The number of hydrogen-bond donors (Lipinski definition) is 0. The maximum atomic E-state index is 6.72. The fourth-order valence-corrected chi connectivity index (χ4v) is 8.28. The van der Waals surface area contributed by atoms with Gasteiger partial charge in [0.25, 0.3) is 0 Å². The Kier molecular flexibility index (Phi) is 7.82. The molecule has 9 aromatic carbocycles. The van der Waals surface area contributed by atoms with E-state index in [2.05, 4.69) is 170 Å². The molecular formula is C54H34N2O. The van der Waals surface area contributed by atoms with Gasteiger partial charge in [-0.05, 0) is 85.9 Å². The molecule has 0 saturated heterocycles. The molecule has 2 heterocycles. The molecule has 0 spiro atoms. The molecule has 0 saturated carbocycles. The molecule has 0 aliphatic rings. The van der Waals surface area contributed by atoms with Gasteiger partial charge in [-0.2, -0.15) is 0 Å². The van der Waals surface area contributed by atoms with Crippen LogP contribution in [0.3, 0.4) is 0 Å². The zero-order valence-corrected chi connectivity index (χ0v) is 30.9. The van der Waals surface area contributed by atoms with E-state index in [1.54, 1.807) is 0 Å². The number of hydrogen-bond acceptors (Lipinski definition) is 3. The van der Waals surface area contributed by atoms with Gasteiger partial charge in [-0.1, -0.05) is 170 Å². The maximum Gasteiger partial charge on any atom is 0.160 e. The predicted molar refractivity (Wildman–Crippen MR) is 237 cm³/mol. The van der Waals surface area contributed by atoms with Crippen LogP contribution in [0.5, 0.6) is 0 Å². The van der Waals surface area contributed by atoms with Gasteiger partial charge in [0, 0.05) is 32.8 Å². The van der Waals surface area contributed by atoms with Crippen molar-refractivity contribution in [2.45, 2.75) is 0 Å². The minimum absolute atomic E-state index is 0.706. The highest BCUT2D eigenvalue weighted by atomic mass is 16.3. The molecule has 3 heteroatoms. The van der Waals surface area contributed by atoms with Crippen LogP contribution in [0.2, 0.25) is 0 Å². The largest absolute Gasteiger partial charge is 0.455 e. The van der Waals surface area contributed by atoms with Crippen LogP contribution in [0.4, 0.5) is 0 Å². The Morgan fingerprint density at radius 3 is 1.68 bits per heavy atom. The second kappa shape index (κ2) is 13.6. The molecule has 0 fully saturated rings. The molecule has 2 aromatic heterocycles. The monoisotopic (exact) mass is 726 g/mol. The smallest absolute Gasteiger partial charge is 0.160 e. The van der Waals surface area contributed by atoms with Crippen LogP contribution in [0.25, 0.3) is 111 Å². The molecule has 0 radical (unpaired) electrons. The lowest BCUT2D eigenvalue weighted by Gasteiger charge is -2.12. The van der Waals surface area contributed by atoms with Crippen LogP contribution in [0.1, 0.15) is 0 Å². The van der Waals surface area contributed by atoms with Crippen molar-refractivity contribution in [1.82, 2.24) is 9.97 Å². The van der Waals surface area contributed by atoms with Crippen molar-refractivity contribution in [2.75, 3.05) is 0 Å². The van der Waals surface area contributed by atoms with Gasteiger partial charge in [-0.3, -0.25) is 0 Å². The first-order chi connectivity index (χ1) is 28.2. The molecule has 0 atom stereocenters. The molecular weight excluding hydrogens is 693 g/mol. The Hall–Kier alpha value is -7.62. The minimum atomic E-state index is 0.706.